The molecule has 3 rings (SSSR count). The minimum Gasteiger partial charge on any atom is -0.370 e. The van der Waals surface area contributed by atoms with Crippen LogP contribution in [0.1, 0.15) is 29.8 Å². The molecule has 0 aliphatic carbocycles. The Kier molecular flexibility index (Phi) is 4.98. The molecule has 132 valence electrons. The van der Waals surface area contributed by atoms with Gasteiger partial charge in [0.25, 0.3) is 5.91 Å². The Labute approximate surface area is 152 Å². The fourth-order valence-corrected chi connectivity index (χ4v) is 3.11. The molecule has 0 unspecified atom stereocenters. The van der Waals surface area contributed by atoms with E-state index in [0.717, 1.165) is 27.7 Å². The molecule has 0 spiro atoms. The summed E-state index contributed by atoms with van der Waals surface area (Å²) in [4.78, 5) is 21.5. The highest BCUT2D eigenvalue weighted by Gasteiger charge is 2.22. The van der Waals surface area contributed by atoms with E-state index < -0.39 is 5.91 Å². The van der Waals surface area contributed by atoms with Crippen LogP contribution in [-0.2, 0) is 6.42 Å². The standard InChI is InChI=1S/C21H22N4O/c1-13(2)12-16-18(20(26)25-21(22)23)15-10-6-7-11-17(15)24-19(16)14-8-4-3-5-9-14/h3-11,13H,12H2,1-2H3,(H4,22,23,25,26). The summed E-state index contributed by atoms with van der Waals surface area (Å²) in [5.41, 5.74) is 14.8. The van der Waals surface area contributed by atoms with Crippen molar-refractivity contribution < 1.29 is 4.79 Å². The topological polar surface area (TPSA) is 94.4 Å². The van der Waals surface area contributed by atoms with Crippen LogP contribution < -0.4 is 11.5 Å². The van der Waals surface area contributed by atoms with Gasteiger partial charge in [-0.2, -0.15) is 4.99 Å². The molecule has 0 aliphatic heterocycles. The Morgan fingerprint density at radius 1 is 1.04 bits per heavy atom. The van der Waals surface area contributed by atoms with Gasteiger partial charge in [0.15, 0.2) is 5.96 Å². The van der Waals surface area contributed by atoms with Crippen molar-refractivity contribution in [1.29, 1.82) is 0 Å². The van der Waals surface area contributed by atoms with Crippen molar-refractivity contribution in [3.05, 3.63) is 65.7 Å². The van der Waals surface area contributed by atoms with Crippen LogP contribution in [0, 0.1) is 5.92 Å². The maximum atomic E-state index is 12.9. The number of guanidine groups is 1. The number of carbonyl (C=O) groups excluding carboxylic acids is 1. The lowest BCUT2D eigenvalue weighted by molar-refractivity contribution is 0.100. The minimum atomic E-state index is -0.434. The Bertz CT molecular complexity index is 974. The molecule has 5 nitrogen and oxygen atoms in total. The maximum absolute atomic E-state index is 12.9. The summed E-state index contributed by atoms with van der Waals surface area (Å²) in [7, 11) is 0. The zero-order chi connectivity index (χ0) is 18.7. The fraction of sp³-hybridized carbons (Fsp3) is 0.190. The molecule has 0 aliphatic rings. The van der Waals surface area contributed by atoms with E-state index in [0.29, 0.717) is 17.9 Å². The molecule has 3 aromatic rings. The molecule has 0 bridgehead atoms. The molecule has 26 heavy (non-hydrogen) atoms. The first-order valence-electron chi connectivity index (χ1n) is 8.58. The van der Waals surface area contributed by atoms with E-state index in [2.05, 4.69) is 18.8 Å². The van der Waals surface area contributed by atoms with Crippen molar-refractivity contribution in [1.82, 2.24) is 4.98 Å². The summed E-state index contributed by atoms with van der Waals surface area (Å²) in [6.45, 7) is 4.22. The number of nitrogens with two attached hydrogens (primary N) is 2. The Hall–Kier alpha value is -3.21. The van der Waals surface area contributed by atoms with E-state index in [1.54, 1.807) is 0 Å². The van der Waals surface area contributed by atoms with Gasteiger partial charge in [0.1, 0.15) is 0 Å². The molecule has 0 radical (unpaired) electrons. The SMILES string of the molecule is CC(C)Cc1c(-c2ccccc2)nc2ccccc2c1C(=O)N=C(N)N. The molecule has 0 atom stereocenters. The second-order valence-corrected chi connectivity index (χ2v) is 6.64. The van der Waals surface area contributed by atoms with Crippen LogP contribution in [0.4, 0.5) is 0 Å². The molecule has 1 heterocycles. The molecule has 4 N–H and O–H groups in total. The van der Waals surface area contributed by atoms with Gasteiger partial charge in [-0.05, 0) is 24.0 Å². The van der Waals surface area contributed by atoms with Crippen LogP contribution in [0.25, 0.3) is 22.2 Å². The molecule has 1 aromatic heterocycles. The van der Waals surface area contributed by atoms with E-state index in [1.165, 1.54) is 0 Å². The number of carbonyl (C=O) groups is 1. The van der Waals surface area contributed by atoms with Crippen LogP contribution in [0.5, 0.6) is 0 Å². The Balaban J connectivity index is 2.40. The second kappa shape index (κ2) is 7.35. The molecule has 2 aromatic carbocycles. The number of hydrogen-bond donors (Lipinski definition) is 2. The summed E-state index contributed by atoms with van der Waals surface area (Å²) in [6, 6.07) is 17.4. The zero-order valence-corrected chi connectivity index (χ0v) is 14.9. The number of pyridine rings is 1. The number of rotatable bonds is 4. The Morgan fingerprint density at radius 3 is 2.35 bits per heavy atom. The van der Waals surface area contributed by atoms with Crippen LogP contribution in [0.3, 0.4) is 0 Å². The van der Waals surface area contributed by atoms with Gasteiger partial charge in [0, 0.05) is 10.9 Å². The van der Waals surface area contributed by atoms with E-state index >= 15 is 0 Å². The van der Waals surface area contributed by atoms with E-state index in [-0.39, 0.29) is 5.96 Å². The van der Waals surface area contributed by atoms with E-state index in [1.807, 2.05) is 54.6 Å². The highest BCUT2D eigenvalue weighted by atomic mass is 16.1. The highest BCUT2D eigenvalue weighted by molar-refractivity contribution is 6.12. The van der Waals surface area contributed by atoms with Crippen LogP contribution in [0.15, 0.2) is 59.6 Å². The lowest BCUT2D eigenvalue weighted by atomic mass is 9.90. The average molecular weight is 346 g/mol. The van der Waals surface area contributed by atoms with Gasteiger partial charge < -0.3 is 11.5 Å². The van der Waals surface area contributed by atoms with Crippen molar-refractivity contribution in [3.63, 3.8) is 0 Å². The summed E-state index contributed by atoms with van der Waals surface area (Å²) in [6.07, 6.45) is 0.698. The number of para-hydroxylation sites is 1. The van der Waals surface area contributed by atoms with Crippen molar-refractivity contribution in [3.8, 4) is 11.3 Å². The lowest BCUT2D eigenvalue weighted by Gasteiger charge is -2.17. The van der Waals surface area contributed by atoms with Gasteiger partial charge in [0.2, 0.25) is 0 Å². The smallest absolute Gasteiger partial charge is 0.281 e. The van der Waals surface area contributed by atoms with Crippen molar-refractivity contribution >= 4 is 22.8 Å². The van der Waals surface area contributed by atoms with Crippen LogP contribution in [-0.4, -0.2) is 16.9 Å². The maximum Gasteiger partial charge on any atom is 0.281 e. The number of benzene rings is 2. The summed E-state index contributed by atoms with van der Waals surface area (Å²) >= 11 is 0. The van der Waals surface area contributed by atoms with Gasteiger partial charge in [0.05, 0.1) is 16.8 Å². The third-order valence-electron chi connectivity index (χ3n) is 4.10. The molecule has 1 amide bonds. The number of aromatic nitrogens is 1. The Morgan fingerprint density at radius 2 is 1.69 bits per heavy atom. The molecule has 0 saturated carbocycles. The monoisotopic (exact) mass is 346 g/mol. The first-order chi connectivity index (χ1) is 12.5. The first kappa shape index (κ1) is 17.6. The zero-order valence-electron chi connectivity index (χ0n) is 14.9. The minimum absolute atomic E-state index is 0.243. The summed E-state index contributed by atoms with van der Waals surface area (Å²) in [5.74, 6) is -0.338. The normalized spacial score (nSPS) is 10.9. The molecular formula is C21H22N4O. The molecule has 5 heteroatoms. The van der Waals surface area contributed by atoms with E-state index in [4.69, 9.17) is 16.5 Å². The van der Waals surface area contributed by atoms with Gasteiger partial charge in [-0.15, -0.1) is 0 Å². The first-order valence-corrected chi connectivity index (χ1v) is 8.58. The number of amides is 1. The summed E-state index contributed by atoms with van der Waals surface area (Å²) < 4.78 is 0. The van der Waals surface area contributed by atoms with E-state index in [9.17, 15) is 4.79 Å². The van der Waals surface area contributed by atoms with Crippen molar-refractivity contribution in [2.75, 3.05) is 0 Å². The van der Waals surface area contributed by atoms with Crippen LogP contribution >= 0.6 is 0 Å². The van der Waals surface area contributed by atoms with Gasteiger partial charge in [-0.1, -0.05) is 62.4 Å². The number of fused-ring (bicyclic) bond motifs is 1. The third-order valence-corrected chi connectivity index (χ3v) is 4.10. The lowest BCUT2D eigenvalue weighted by Crippen LogP contribution is -2.24. The predicted molar refractivity (Wildman–Crippen MR) is 106 cm³/mol. The second-order valence-electron chi connectivity index (χ2n) is 6.64. The van der Waals surface area contributed by atoms with Crippen molar-refractivity contribution in [2.45, 2.75) is 20.3 Å². The quantitative estimate of drug-likeness (QED) is 0.558. The average Bonchev–Trinajstić information content (AvgIpc) is 2.60. The van der Waals surface area contributed by atoms with Crippen LogP contribution in [0.2, 0.25) is 0 Å². The third kappa shape index (κ3) is 3.57. The predicted octanol–water partition coefficient (Wildman–Crippen LogP) is 3.51. The molecule has 0 saturated heterocycles. The number of hydrogen-bond acceptors (Lipinski definition) is 2. The highest BCUT2D eigenvalue weighted by Crippen LogP contribution is 2.32. The summed E-state index contributed by atoms with van der Waals surface area (Å²) in [5, 5.41) is 0.762. The van der Waals surface area contributed by atoms with Crippen molar-refractivity contribution in [2.24, 2.45) is 22.4 Å². The molecule has 0 fully saturated rings. The number of aliphatic imine (C=N–C) groups is 1. The number of nitrogens with zero attached hydrogens (tertiary/aromatic N) is 2. The van der Waals surface area contributed by atoms with Gasteiger partial charge >= 0.3 is 0 Å². The molecular weight excluding hydrogens is 324 g/mol. The van der Waals surface area contributed by atoms with Gasteiger partial charge in [-0.3, -0.25) is 4.79 Å². The fourth-order valence-electron chi connectivity index (χ4n) is 3.11. The largest absolute Gasteiger partial charge is 0.370 e. The van der Waals surface area contributed by atoms with Gasteiger partial charge in [-0.25, -0.2) is 4.98 Å².